The number of hydrogen-bond acceptors (Lipinski definition) is 3. The molecule has 2 rings (SSSR count). The van der Waals surface area contributed by atoms with E-state index in [0.29, 0.717) is 6.04 Å². The second-order valence-electron chi connectivity index (χ2n) is 6.40. The number of carbonyl (C=O) groups excluding carboxylic acids is 1. The number of carbonyl (C=O) groups is 1. The Bertz CT molecular complexity index is 459. The first kappa shape index (κ1) is 16.0. The lowest BCUT2D eigenvalue weighted by atomic mass is 9.93. The molecule has 0 bridgehead atoms. The fraction of sp³-hybridized carbons (Fsp3) is 0.667. The maximum Gasteiger partial charge on any atom is 0.227 e. The Balaban J connectivity index is 1.76. The lowest BCUT2D eigenvalue weighted by molar-refractivity contribution is -0.140. The molecule has 3 nitrogen and oxygen atoms in total. The minimum Gasteiger partial charge on any atom is -0.342 e. The average molecular weight is 359 g/mol. The highest BCUT2D eigenvalue weighted by Crippen LogP contribution is 2.23. The van der Waals surface area contributed by atoms with Gasteiger partial charge in [-0.25, -0.2) is 0 Å². The van der Waals surface area contributed by atoms with Gasteiger partial charge in [-0.1, -0.05) is 20.8 Å². The van der Waals surface area contributed by atoms with Gasteiger partial charge in [0, 0.05) is 36.0 Å². The molecule has 1 saturated heterocycles. The minimum absolute atomic E-state index is 0.260. The molecule has 0 spiro atoms. The summed E-state index contributed by atoms with van der Waals surface area (Å²) < 4.78 is 1.18. The lowest BCUT2D eigenvalue weighted by Crippen LogP contribution is -2.48. The van der Waals surface area contributed by atoms with Crippen molar-refractivity contribution in [3.05, 3.63) is 20.8 Å². The molecule has 0 unspecified atom stereocenters. The molecule has 1 aromatic rings. The van der Waals surface area contributed by atoms with Gasteiger partial charge < -0.3 is 10.2 Å². The van der Waals surface area contributed by atoms with Crippen LogP contribution >= 0.6 is 27.3 Å². The molecule has 0 saturated carbocycles. The molecule has 0 radical (unpaired) electrons. The van der Waals surface area contributed by atoms with Crippen LogP contribution in [0.2, 0.25) is 0 Å². The van der Waals surface area contributed by atoms with Gasteiger partial charge in [-0.05, 0) is 40.9 Å². The van der Waals surface area contributed by atoms with Crippen molar-refractivity contribution < 1.29 is 4.79 Å². The fourth-order valence-electron chi connectivity index (χ4n) is 2.45. The quantitative estimate of drug-likeness (QED) is 0.894. The standard InChI is InChI=1S/C15H23BrN2OS/c1-15(2,3)14(19)18-8-6-11(7-9-18)17-10-12-4-5-13(16)20-12/h4-5,11,17H,6-10H2,1-3H3. The molecule has 5 heteroatoms. The van der Waals surface area contributed by atoms with E-state index in [-0.39, 0.29) is 11.3 Å². The van der Waals surface area contributed by atoms with E-state index < -0.39 is 0 Å². The molecular weight excluding hydrogens is 336 g/mol. The predicted octanol–water partition coefficient (Wildman–Crippen LogP) is 3.64. The molecule has 1 aliphatic heterocycles. The van der Waals surface area contributed by atoms with Crippen LogP contribution < -0.4 is 5.32 Å². The summed E-state index contributed by atoms with van der Waals surface area (Å²) in [5.41, 5.74) is -0.260. The van der Waals surface area contributed by atoms with Crippen molar-refractivity contribution in [2.75, 3.05) is 13.1 Å². The smallest absolute Gasteiger partial charge is 0.227 e. The van der Waals surface area contributed by atoms with E-state index in [1.165, 1.54) is 8.66 Å². The van der Waals surface area contributed by atoms with E-state index >= 15 is 0 Å². The van der Waals surface area contributed by atoms with Gasteiger partial charge in [-0.3, -0.25) is 4.79 Å². The summed E-state index contributed by atoms with van der Waals surface area (Å²) in [7, 11) is 0. The molecule has 0 aliphatic carbocycles. The molecule has 1 N–H and O–H groups in total. The summed E-state index contributed by atoms with van der Waals surface area (Å²) in [6.07, 6.45) is 2.10. The molecule has 2 heterocycles. The van der Waals surface area contributed by atoms with Crippen LogP contribution in [0.15, 0.2) is 15.9 Å². The van der Waals surface area contributed by atoms with E-state index in [0.717, 1.165) is 32.5 Å². The molecule has 1 amide bonds. The number of nitrogens with one attached hydrogen (secondary N) is 1. The van der Waals surface area contributed by atoms with E-state index in [4.69, 9.17) is 0 Å². The maximum atomic E-state index is 12.2. The Morgan fingerprint density at radius 3 is 2.55 bits per heavy atom. The predicted molar refractivity (Wildman–Crippen MR) is 87.9 cm³/mol. The number of hydrogen-bond donors (Lipinski definition) is 1. The number of amides is 1. The summed E-state index contributed by atoms with van der Waals surface area (Å²) in [6.45, 7) is 8.66. The fourth-order valence-corrected chi connectivity index (χ4v) is 3.89. The zero-order chi connectivity index (χ0) is 14.8. The Labute approximate surface area is 133 Å². The average Bonchev–Trinajstić information content (AvgIpc) is 2.81. The Hall–Kier alpha value is -0.390. The number of piperidine rings is 1. The SMILES string of the molecule is CC(C)(C)C(=O)N1CCC(NCc2ccc(Br)s2)CC1. The molecule has 1 aliphatic rings. The molecule has 112 valence electrons. The van der Waals surface area contributed by atoms with Crippen LogP contribution in [0.4, 0.5) is 0 Å². The topological polar surface area (TPSA) is 32.3 Å². The van der Waals surface area contributed by atoms with Crippen molar-refractivity contribution in [1.29, 1.82) is 0 Å². The van der Waals surface area contributed by atoms with E-state index in [1.54, 1.807) is 11.3 Å². The zero-order valence-electron chi connectivity index (χ0n) is 12.4. The van der Waals surface area contributed by atoms with Gasteiger partial charge in [0.1, 0.15) is 0 Å². The number of rotatable bonds is 3. The maximum absolute atomic E-state index is 12.2. The van der Waals surface area contributed by atoms with Crippen LogP contribution in [-0.2, 0) is 11.3 Å². The summed E-state index contributed by atoms with van der Waals surface area (Å²) in [5.74, 6) is 0.276. The summed E-state index contributed by atoms with van der Waals surface area (Å²) in [5, 5.41) is 3.60. The van der Waals surface area contributed by atoms with Gasteiger partial charge in [0.05, 0.1) is 3.79 Å². The van der Waals surface area contributed by atoms with E-state index in [2.05, 4.69) is 33.4 Å². The second kappa shape index (κ2) is 6.58. The van der Waals surface area contributed by atoms with Gasteiger partial charge in [0.15, 0.2) is 0 Å². The van der Waals surface area contributed by atoms with Crippen molar-refractivity contribution in [1.82, 2.24) is 10.2 Å². The van der Waals surface area contributed by atoms with Crippen molar-refractivity contribution >= 4 is 33.2 Å². The van der Waals surface area contributed by atoms with Crippen LogP contribution in [0.5, 0.6) is 0 Å². The van der Waals surface area contributed by atoms with Gasteiger partial charge in [-0.2, -0.15) is 0 Å². The molecule has 1 aromatic heterocycles. The number of nitrogens with zero attached hydrogens (tertiary/aromatic N) is 1. The number of thiophene rings is 1. The first-order valence-electron chi connectivity index (χ1n) is 7.13. The highest BCUT2D eigenvalue weighted by molar-refractivity contribution is 9.11. The third kappa shape index (κ3) is 4.30. The first-order chi connectivity index (χ1) is 9.36. The first-order valence-corrected chi connectivity index (χ1v) is 8.74. The molecule has 1 fully saturated rings. The Morgan fingerprint density at radius 2 is 2.05 bits per heavy atom. The largest absolute Gasteiger partial charge is 0.342 e. The molecule has 20 heavy (non-hydrogen) atoms. The van der Waals surface area contributed by atoms with E-state index in [9.17, 15) is 4.79 Å². The zero-order valence-corrected chi connectivity index (χ0v) is 14.8. The van der Waals surface area contributed by atoms with Crippen LogP contribution in [0.1, 0.15) is 38.5 Å². The highest BCUT2D eigenvalue weighted by atomic mass is 79.9. The third-order valence-electron chi connectivity index (χ3n) is 3.62. The summed E-state index contributed by atoms with van der Waals surface area (Å²) in [4.78, 5) is 15.6. The Kier molecular flexibility index (Phi) is 5.26. The van der Waals surface area contributed by atoms with Crippen molar-refractivity contribution in [2.24, 2.45) is 5.41 Å². The van der Waals surface area contributed by atoms with Gasteiger partial charge in [0.2, 0.25) is 5.91 Å². The van der Waals surface area contributed by atoms with Crippen LogP contribution in [0, 0.1) is 5.41 Å². The summed E-state index contributed by atoms with van der Waals surface area (Å²) >= 11 is 5.26. The normalized spacial score (nSPS) is 17.5. The van der Waals surface area contributed by atoms with Gasteiger partial charge in [-0.15, -0.1) is 11.3 Å². The third-order valence-corrected chi connectivity index (χ3v) is 5.24. The van der Waals surface area contributed by atoms with Gasteiger partial charge >= 0.3 is 0 Å². The van der Waals surface area contributed by atoms with E-state index in [1.807, 2.05) is 25.7 Å². The van der Waals surface area contributed by atoms with Crippen LogP contribution in [-0.4, -0.2) is 29.9 Å². The Morgan fingerprint density at radius 1 is 1.40 bits per heavy atom. The van der Waals surface area contributed by atoms with Crippen molar-refractivity contribution in [3.63, 3.8) is 0 Å². The van der Waals surface area contributed by atoms with Crippen molar-refractivity contribution in [2.45, 2.75) is 46.2 Å². The monoisotopic (exact) mass is 358 g/mol. The van der Waals surface area contributed by atoms with Gasteiger partial charge in [0.25, 0.3) is 0 Å². The molecule has 0 aromatic carbocycles. The summed E-state index contributed by atoms with van der Waals surface area (Å²) in [6, 6.07) is 4.77. The molecular formula is C15H23BrN2OS. The van der Waals surface area contributed by atoms with Crippen LogP contribution in [0.3, 0.4) is 0 Å². The molecule has 0 atom stereocenters. The lowest BCUT2D eigenvalue weighted by Gasteiger charge is -2.36. The minimum atomic E-state index is -0.260. The van der Waals surface area contributed by atoms with Crippen LogP contribution in [0.25, 0.3) is 0 Å². The number of halogens is 1. The van der Waals surface area contributed by atoms with Crippen molar-refractivity contribution in [3.8, 4) is 0 Å². The second-order valence-corrected chi connectivity index (χ2v) is 8.95. The number of likely N-dealkylation sites (tertiary alicyclic amines) is 1. The highest BCUT2D eigenvalue weighted by Gasteiger charge is 2.30.